The zero-order valence-electron chi connectivity index (χ0n) is 16.7. The van der Waals surface area contributed by atoms with Crippen LogP contribution in [0.2, 0.25) is 0 Å². The van der Waals surface area contributed by atoms with E-state index in [4.69, 9.17) is 9.47 Å². The summed E-state index contributed by atoms with van der Waals surface area (Å²) in [7, 11) is 0. The monoisotopic (exact) mass is 407 g/mol. The Balaban J connectivity index is 1.34. The molecule has 2 heterocycles. The minimum Gasteiger partial charge on any atom is -0.449 e. The lowest BCUT2D eigenvalue weighted by Gasteiger charge is -2.26. The van der Waals surface area contributed by atoms with Gasteiger partial charge in [-0.25, -0.2) is 0 Å². The van der Waals surface area contributed by atoms with Crippen molar-refractivity contribution in [1.82, 2.24) is 10.2 Å². The van der Waals surface area contributed by atoms with Crippen molar-refractivity contribution in [2.45, 2.75) is 6.42 Å². The molecule has 2 aromatic rings. The third-order valence-corrected chi connectivity index (χ3v) is 5.07. The molecule has 30 heavy (non-hydrogen) atoms. The molecule has 0 aromatic heterocycles. The molecule has 2 amide bonds. The second-order valence-electron chi connectivity index (χ2n) is 7.25. The van der Waals surface area contributed by atoms with Crippen molar-refractivity contribution in [3.05, 3.63) is 65.4 Å². The van der Waals surface area contributed by atoms with Crippen LogP contribution in [0.3, 0.4) is 0 Å². The van der Waals surface area contributed by atoms with Gasteiger partial charge in [0.2, 0.25) is 0 Å². The van der Waals surface area contributed by atoms with Crippen LogP contribution in [0, 0.1) is 0 Å². The molecule has 4 rings (SSSR count). The molecular weight excluding hydrogens is 382 g/mol. The number of fused-ring (bicyclic) bond motifs is 1. The number of anilines is 1. The molecule has 0 spiro atoms. The molecule has 156 valence electrons. The number of rotatable bonds is 6. The maximum Gasteiger partial charge on any atom is 0.291 e. The van der Waals surface area contributed by atoms with Crippen LogP contribution in [-0.4, -0.2) is 56.1 Å². The molecule has 0 radical (unpaired) electrons. The molecular formula is C23H25N3O4. The van der Waals surface area contributed by atoms with E-state index in [1.165, 1.54) is 0 Å². The fourth-order valence-electron chi connectivity index (χ4n) is 3.43. The minimum atomic E-state index is -0.338. The van der Waals surface area contributed by atoms with Crippen molar-refractivity contribution >= 4 is 23.6 Å². The van der Waals surface area contributed by atoms with Crippen LogP contribution in [0.5, 0.6) is 5.75 Å². The molecule has 0 saturated carbocycles. The summed E-state index contributed by atoms with van der Waals surface area (Å²) in [4.78, 5) is 27.2. The topological polar surface area (TPSA) is 79.9 Å². The van der Waals surface area contributed by atoms with Crippen LogP contribution < -0.4 is 15.4 Å². The third-order valence-electron chi connectivity index (χ3n) is 5.07. The van der Waals surface area contributed by atoms with E-state index in [0.717, 1.165) is 44.8 Å². The van der Waals surface area contributed by atoms with Crippen molar-refractivity contribution in [2.75, 3.05) is 44.7 Å². The van der Waals surface area contributed by atoms with Gasteiger partial charge in [-0.1, -0.05) is 30.3 Å². The van der Waals surface area contributed by atoms with E-state index >= 15 is 0 Å². The number of morpholine rings is 1. The molecule has 1 saturated heterocycles. The van der Waals surface area contributed by atoms with Gasteiger partial charge in [0.1, 0.15) is 0 Å². The molecule has 0 aliphatic carbocycles. The van der Waals surface area contributed by atoms with Gasteiger partial charge in [-0.05, 0) is 42.8 Å². The second-order valence-corrected chi connectivity index (χ2v) is 7.25. The standard InChI is InChI=1S/C23H25N3O4/c27-22(24-9-4-10-26-11-13-29-14-12-26)18-7-8-20-19(16-18)25-23(28)21(30-20)15-17-5-2-1-3-6-17/h1-3,5-8,15-16H,4,9-14H2,(H,24,27)(H,25,28). The summed E-state index contributed by atoms with van der Waals surface area (Å²) in [6.45, 7) is 4.97. The van der Waals surface area contributed by atoms with Crippen LogP contribution in [0.15, 0.2) is 54.3 Å². The quantitative estimate of drug-likeness (QED) is 0.568. The predicted molar refractivity (Wildman–Crippen MR) is 114 cm³/mol. The molecule has 2 aliphatic rings. The Morgan fingerprint density at radius 3 is 2.73 bits per heavy atom. The first-order valence-electron chi connectivity index (χ1n) is 10.2. The number of nitrogens with one attached hydrogen (secondary N) is 2. The van der Waals surface area contributed by atoms with Gasteiger partial charge in [0.15, 0.2) is 11.5 Å². The van der Waals surface area contributed by atoms with Gasteiger partial charge >= 0.3 is 0 Å². The first-order valence-corrected chi connectivity index (χ1v) is 10.2. The highest BCUT2D eigenvalue weighted by Crippen LogP contribution is 2.32. The fraction of sp³-hybridized carbons (Fsp3) is 0.304. The highest BCUT2D eigenvalue weighted by atomic mass is 16.5. The highest BCUT2D eigenvalue weighted by molar-refractivity contribution is 6.09. The first kappa shape index (κ1) is 20.1. The summed E-state index contributed by atoms with van der Waals surface area (Å²) in [5, 5.41) is 5.74. The number of ether oxygens (including phenoxy) is 2. The lowest BCUT2D eigenvalue weighted by molar-refractivity contribution is -0.115. The molecule has 2 aliphatic heterocycles. The maximum atomic E-state index is 12.5. The van der Waals surface area contributed by atoms with Crippen molar-refractivity contribution in [3.8, 4) is 5.75 Å². The number of hydrogen-bond donors (Lipinski definition) is 2. The van der Waals surface area contributed by atoms with Gasteiger partial charge in [-0.15, -0.1) is 0 Å². The number of benzene rings is 2. The molecule has 0 bridgehead atoms. The number of hydrogen-bond acceptors (Lipinski definition) is 5. The number of amides is 2. The van der Waals surface area contributed by atoms with E-state index in [9.17, 15) is 9.59 Å². The van der Waals surface area contributed by atoms with Crippen molar-refractivity contribution < 1.29 is 19.1 Å². The van der Waals surface area contributed by atoms with E-state index in [0.29, 0.717) is 23.5 Å². The normalized spacial score (nSPS) is 17.7. The average Bonchev–Trinajstić information content (AvgIpc) is 2.78. The maximum absolute atomic E-state index is 12.5. The van der Waals surface area contributed by atoms with Crippen LogP contribution >= 0.6 is 0 Å². The lowest BCUT2D eigenvalue weighted by Crippen LogP contribution is -2.38. The summed E-state index contributed by atoms with van der Waals surface area (Å²) in [5.74, 6) is 0.226. The van der Waals surface area contributed by atoms with Gasteiger partial charge < -0.3 is 20.1 Å². The van der Waals surface area contributed by atoms with E-state index in [2.05, 4.69) is 15.5 Å². The zero-order valence-corrected chi connectivity index (χ0v) is 16.7. The Bertz CT molecular complexity index is 937. The SMILES string of the molecule is O=C1Nc2cc(C(=O)NCCCN3CCOCC3)ccc2OC1=Cc1ccccc1. The van der Waals surface area contributed by atoms with Gasteiger partial charge in [0, 0.05) is 25.2 Å². The molecule has 2 N–H and O–H groups in total. The Hall–Kier alpha value is -3.16. The highest BCUT2D eigenvalue weighted by Gasteiger charge is 2.23. The van der Waals surface area contributed by atoms with E-state index in [-0.39, 0.29) is 17.6 Å². The molecule has 7 heteroatoms. The van der Waals surface area contributed by atoms with Crippen molar-refractivity contribution in [1.29, 1.82) is 0 Å². The molecule has 2 aromatic carbocycles. The van der Waals surface area contributed by atoms with Gasteiger partial charge in [0.25, 0.3) is 11.8 Å². The molecule has 7 nitrogen and oxygen atoms in total. The van der Waals surface area contributed by atoms with Crippen LogP contribution in [-0.2, 0) is 9.53 Å². The van der Waals surface area contributed by atoms with Crippen LogP contribution in [0.1, 0.15) is 22.3 Å². The number of carbonyl (C=O) groups excluding carboxylic acids is 2. The van der Waals surface area contributed by atoms with Crippen molar-refractivity contribution in [3.63, 3.8) is 0 Å². The average molecular weight is 407 g/mol. The summed E-state index contributed by atoms with van der Waals surface area (Å²) in [5.41, 5.74) is 1.85. The molecule has 0 atom stereocenters. The van der Waals surface area contributed by atoms with Crippen LogP contribution in [0.4, 0.5) is 5.69 Å². The zero-order chi connectivity index (χ0) is 20.8. The van der Waals surface area contributed by atoms with Gasteiger partial charge in [-0.2, -0.15) is 0 Å². The first-order chi connectivity index (χ1) is 14.7. The minimum absolute atomic E-state index is 0.167. The van der Waals surface area contributed by atoms with Crippen LogP contribution in [0.25, 0.3) is 6.08 Å². The number of carbonyl (C=O) groups is 2. The van der Waals surface area contributed by atoms with E-state index < -0.39 is 0 Å². The summed E-state index contributed by atoms with van der Waals surface area (Å²) >= 11 is 0. The van der Waals surface area contributed by atoms with E-state index in [1.807, 2.05) is 30.3 Å². The largest absolute Gasteiger partial charge is 0.449 e. The van der Waals surface area contributed by atoms with E-state index in [1.54, 1.807) is 24.3 Å². The summed E-state index contributed by atoms with van der Waals surface area (Å²) in [6, 6.07) is 14.5. The molecule has 1 fully saturated rings. The third kappa shape index (κ3) is 5.06. The predicted octanol–water partition coefficient (Wildman–Crippen LogP) is 2.51. The lowest BCUT2D eigenvalue weighted by atomic mass is 10.1. The van der Waals surface area contributed by atoms with Gasteiger partial charge in [-0.3, -0.25) is 14.5 Å². The fourth-order valence-corrected chi connectivity index (χ4v) is 3.43. The summed E-state index contributed by atoms with van der Waals surface area (Å²) < 4.78 is 11.1. The van der Waals surface area contributed by atoms with Gasteiger partial charge in [0.05, 0.1) is 18.9 Å². The Labute approximate surface area is 175 Å². The number of nitrogens with zero attached hydrogens (tertiary/aromatic N) is 1. The molecule has 0 unspecified atom stereocenters. The second kappa shape index (κ2) is 9.56. The van der Waals surface area contributed by atoms with Crippen molar-refractivity contribution in [2.24, 2.45) is 0 Å². The Kier molecular flexibility index (Phi) is 6.41. The Morgan fingerprint density at radius 2 is 1.93 bits per heavy atom. The smallest absolute Gasteiger partial charge is 0.291 e. The Morgan fingerprint density at radius 1 is 1.13 bits per heavy atom. The summed E-state index contributed by atoms with van der Waals surface area (Å²) in [6.07, 6.45) is 2.57.